The van der Waals surface area contributed by atoms with Crippen LogP contribution in [-0.4, -0.2) is 72.3 Å². The molecule has 0 radical (unpaired) electrons. The molecule has 0 saturated heterocycles. The Morgan fingerprint density at radius 3 is 1.77 bits per heavy atom. The molecule has 0 bridgehead atoms. The van der Waals surface area contributed by atoms with E-state index < -0.39 is 30.4 Å². The fourth-order valence-electron chi connectivity index (χ4n) is 4.80. The molecule has 0 atom stereocenters. The third-order valence-electron chi connectivity index (χ3n) is 6.60. The van der Waals surface area contributed by atoms with Gasteiger partial charge in [0.2, 0.25) is 0 Å². The molecule has 0 aromatic heterocycles. The number of anilines is 1. The van der Waals surface area contributed by atoms with Crippen molar-refractivity contribution in [1.82, 2.24) is 0 Å². The zero-order valence-electron chi connectivity index (χ0n) is 27.2. The van der Waals surface area contributed by atoms with Gasteiger partial charge in [-0.3, -0.25) is 0 Å². The van der Waals surface area contributed by atoms with Crippen LogP contribution < -0.4 is 31.7 Å². The van der Waals surface area contributed by atoms with Gasteiger partial charge < -0.3 is 31.7 Å². The molecule has 0 aliphatic rings. The molecule has 48 heavy (non-hydrogen) atoms. The topological polar surface area (TPSA) is 161 Å². The number of hydrogen-bond donors (Lipinski definition) is 0. The number of para-hydroxylation sites is 1. The van der Waals surface area contributed by atoms with E-state index in [1.165, 1.54) is 38.5 Å². The van der Waals surface area contributed by atoms with Crippen molar-refractivity contribution in [2.24, 2.45) is 0 Å². The highest BCUT2D eigenvalue weighted by atomic mass is 32.2. The van der Waals surface area contributed by atoms with Crippen molar-refractivity contribution in [3.05, 3.63) is 78.4 Å². The fourth-order valence-corrected chi connectivity index (χ4v) is 6.18. The predicted octanol–water partition coefficient (Wildman–Crippen LogP) is 4.70. The van der Waals surface area contributed by atoms with Crippen LogP contribution in [0.5, 0.6) is 34.5 Å². The molecule has 4 aromatic rings. The average Bonchev–Trinajstić information content (AvgIpc) is 2.98. The summed E-state index contributed by atoms with van der Waals surface area (Å²) >= 11 is 0. The molecular weight excluding hydrogens is 687 g/mol. The van der Waals surface area contributed by atoms with Gasteiger partial charge in [0, 0.05) is 30.9 Å². The summed E-state index contributed by atoms with van der Waals surface area (Å²) < 4.78 is 106. The van der Waals surface area contributed by atoms with Gasteiger partial charge in [-0.05, 0) is 47.5 Å². The second-order valence-electron chi connectivity index (χ2n) is 10.7. The van der Waals surface area contributed by atoms with E-state index in [0.717, 1.165) is 30.0 Å². The highest BCUT2D eigenvalue weighted by molar-refractivity contribution is 7.86. The van der Waals surface area contributed by atoms with Crippen molar-refractivity contribution in [2.75, 3.05) is 52.0 Å². The summed E-state index contributed by atoms with van der Waals surface area (Å²) in [5.41, 5.74) is 2.87. The molecule has 0 N–H and O–H groups in total. The van der Waals surface area contributed by atoms with E-state index >= 15 is 0 Å². The normalized spacial score (nSPS) is 11.8. The van der Waals surface area contributed by atoms with Gasteiger partial charge in [0.05, 0.1) is 38.6 Å². The number of hydrogen-bond acceptors (Lipinski definition) is 13. The zero-order chi connectivity index (χ0) is 35.4. The summed E-state index contributed by atoms with van der Waals surface area (Å²) in [7, 11) is -5.55. The number of methoxy groups -OCH3 is 2. The van der Waals surface area contributed by atoms with Crippen molar-refractivity contribution in [2.45, 2.75) is 6.61 Å². The van der Waals surface area contributed by atoms with E-state index in [4.69, 9.17) is 26.8 Å². The summed E-state index contributed by atoms with van der Waals surface area (Å²) in [6, 6.07) is 19.4. The predicted molar refractivity (Wildman–Crippen MR) is 182 cm³/mol. The Morgan fingerprint density at radius 2 is 1.21 bits per heavy atom. The molecule has 0 aliphatic heterocycles. The number of nitrogens with zero attached hydrogens (tertiary/aromatic N) is 1. The molecule has 0 fully saturated rings. The Bertz CT molecular complexity index is 2130. The molecule has 13 nitrogen and oxygen atoms in total. The minimum atomic E-state index is -4.17. The molecule has 4 rings (SSSR count). The quantitative estimate of drug-likeness (QED) is 0.165. The maximum atomic E-state index is 12.6. The van der Waals surface area contributed by atoms with Gasteiger partial charge in [-0.15, -0.1) is 0 Å². The lowest BCUT2D eigenvalue weighted by molar-refractivity contribution is 0.297. The summed E-state index contributed by atoms with van der Waals surface area (Å²) in [5.74, 6) is -0.164. The summed E-state index contributed by atoms with van der Waals surface area (Å²) in [4.78, 5) is 1.92. The van der Waals surface area contributed by atoms with Gasteiger partial charge >= 0.3 is 30.4 Å². The Balaban J connectivity index is 1.90. The van der Waals surface area contributed by atoms with E-state index in [-0.39, 0.29) is 52.2 Å². The van der Waals surface area contributed by atoms with E-state index in [2.05, 4.69) is 0 Å². The Hall–Kier alpha value is -4.67. The van der Waals surface area contributed by atoms with Crippen LogP contribution in [0.15, 0.2) is 72.8 Å². The smallest absolute Gasteiger partial charge is 0.306 e. The van der Waals surface area contributed by atoms with Crippen molar-refractivity contribution >= 4 is 36.0 Å². The summed E-state index contributed by atoms with van der Waals surface area (Å²) in [6.07, 6.45) is 2.65. The summed E-state index contributed by atoms with van der Waals surface area (Å²) in [5, 5.41) is 0. The first-order valence-corrected chi connectivity index (χ1v) is 19.4. The lowest BCUT2D eigenvalue weighted by Gasteiger charge is -2.21. The lowest BCUT2D eigenvalue weighted by Crippen LogP contribution is -2.12. The van der Waals surface area contributed by atoms with Crippen LogP contribution in [0, 0.1) is 0 Å². The van der Waals surface area contributed by atoms with Crippen molar-refractivity contribution in [3.63, 3.8) is 0 Å². The van der Waals surface area contributed by atoms with E-state index in [1.807, 2.05) is 43.3 Å². The van der Waals surface area contributed by atoms with Crippen LogP contribution >= 0.6 is 0 Å². The molecule has 16 heteroatoms. The monoisotopic (exact) mass is 721 g/mol. The minimum absolute atomic E-state index is 0.0146. The van der Waals surface area contributed by atoms with Crippen LogP contribution in [0.2, 0.25) is 0 Å². The number of benzene rings is 4. The van der Waals surface area contributed by atoms with Crippen LogP contribution in [0.1, 0.15) is 5.56 Å². The molecule has 0 saturated carbocycles. The highest BCUT2D eigenvalue weighted by Gasteiger charge is 2.27. The third kappa shape index (κ3) is 9.23. The molecule has 258 valence electrons. The van der Waals surface area contributed by atoms with Gasteiger partial charge in [-0.2, -0.15) is 25.3 Å². The molecule has 0 amide bonds. The van der Waals surface area contributed by atoms with Crippen LogP contribution in [0.4, 0.5) is 5.69 Å². The first-order valence-electron chi connectivity index (χ1n) is 14.0. The fraction of sp³-hybridized carbons (Fsp3) is 0.250. The maximum Gasteiger partial charge on any atom is 0.306 e. The maximum absolute atomic E-state index is 12.6. The molecule has 0 aliphatic carbocycles. The van der Waals surface area contributed by atoms with Gasteiger partial charge in [0.1, 0.15) is 18.1 Å². The van der Waals surface area contributed by atoms with Crippen LogP contribution in [0.25, 0.3) is 22.3 Å². The van der Waals surface area contributed by atoms with Gasteiger partial charge in [0.25, 0.3) is 0 Å². The van der Waals surface area contributed by atoms with Gasteiger partial charge in [0.15, 0.2) is 23.0 Å². The molecule has 0 unspecified atom stereocenters. The van der Waals surface area contributed by atoms with Crippen molar-refractivity contribution in [1.29, 1.82) is 0 Å². The average molecular weight is 722 g/mol. The van der Waals surface area contributed by atoms with Crippen molar-refractivity contribution in [3.8, 4) is 56.8 Å². The summed E-state index contributed by atoms with van der Waals surface area (Å²) in [6.45, 7) is 0.0795. The van der Waals surface area contributed by atoms with E-state index in [0.29, 0.717) is 11.1 Å². The van der Waals surface area contributed by atoms with Crippen LogP contribution in [-0.2, 0) is 37.0 Å². The second-order valence-corrected chi connectivity index (χ2v) is 15.4. The second kappa shape index (κ2) is 14.2. The molecule has 4 aromatic carbocycles. The largest absolute Gasteiger partial charge is 0.496 e. The van der Waals surface area contributed by atoms with E-state index in [9.17, 15) is 25.3 Å². The van der Waals surface area contributed by atoms with Crippen molar-refractivity contribution < 1.29 is 52.0 Å². The van der Waals surface area contributed by atoms with E-state index in [1.54, 1.807) is 24.3 Å². The first-order chi connectivity index (χ1) is 22.4. The Morgan fingerprint density at radius 1 is 0.604 bits per heavy atom. The third-order valence-corrected chi connectivity index (χ3v) is 8.05. The van der Waals surface area contributed by atoms with Crippen LogP contribution in [0.3, 0.4) is 0 Å². The Labute approximate surface area is 280 Å². The van der Waals surface area contributed by atoms with Gasteiger partial charge in [-0.1, -0.05) is 36.4 Å². The zero-order valence-corrected chi connectivity index (χ0v) is 29.7. The van der Waals surface area contributed by atoms with Gasteiger partial charge in [-0.25, -0.2) is 0 Å². The number of rotatable bonds is 14. The SMILES string of the molecule is COc1cc(-c2ccc(OS(C)(=O)=O)cc2)c(OC)c(OS(C)(=O)=O)c1-c1ccc(OCc2ccccc2N(C)C)c(OS(C)(=O)=O)c1. The standard InChI is InChI=1S/C32H35NO12S3/c1-33(2)26-11-9-8-10-23(26)20-42-27-17-14-22(18-28(27)44-47(6,36)37)30-29(40-3)19-25(31(41-4)32(30)45-48(7,38)39)21-12-15-24(16-13-21)43-46(5,34)35/h8-19H,20H2,1-7H3. The molecule has 0 heterocycles. The number of ether oxygens (including phenoxy) is 3. The molecular formula is C32H35NO12S3. The Kier molecular flexibility index (Phi) is 10.7. The minimum Gasteiger partial charge on any atom is -0.496 e. The molecule has 0 spiro atoms. The lowest BCUT2D eigenvalue weighted by atomic mass is 9.96. The highest BCUT2D eigenvalue weighted by Crippen LogP contribution is 2.52. The first kappa shape index (κ1) is 36.2.